The Morgan fingerprint density at radius 2 is 2.05 bits per heavy atom. The molecule has 1 aromatic carbocycles. The number of nitrogens with zero attached hydrogens (tertiary/aromatic N) is 1. The number of carbonyl (C=O) groups excluding carboxylic acids is 2. The Bertz CT molecular complexity index is 528. The van der Waals surface area contributed by atoms with E-state index in [4.69, 9.17) is 5.73 Å². The first kappa shape index (κ1) is 13.9. The number of rotatable bonds is 3. The SMILES string of the molecule is Cc1cc(SC2CC(=O)N(C(C)C)C2=O)ccc1N. The fraction of sp³-hybridized carbons (Fsp3) is 0.429. The maximum absolute atomic E-state index is 12.2. The van der Waals surface area contributed by atoms with Crippen molar-refractivity contribution >= 4 is 29.3 Å². The summed E-state index contributed by atoms with van der Waals surface area (Å²) in [6, 6.07) is 5.61. The van der Waals surface area contributed by atoms with Crippen molar-refractivity contribution in [3.8, 4) is 0 Å². The van der Waals surface area contributed by atoms with Crippen LogP contribution in [-0.4, -0.2) is 28.0 Å². The molecule has 1 aliphatic heterocycles. The zero-order valence-electron chi connectivity index (χ0n) is 11.3. The van der Waals surface area contributed by atoms with Gasteiger partial charge in [0.25, 0.3) is 0 Å². The summed E-state index contributed by atoms with van der Waals surface area (Å²) in [4.78, 5) is 26.3. The predicted octanol–water partition coefficient (Wildman–Crippen LogP) is 2.21. The summed E-state index contributed by atoms with van der Waals surface area (Å²) >= 11 is 1.44. The van der Waals surface area contributed by atoms with Crippen molar-refractivity contribution in [1.82, 2.24) is 4.90 Å². The Labute approximate surface area is 117 Å². The van der Waals surface area contributed by atoms with Gasteiger partial charge in [0.1, 0.15) is 0 Å². The number of thioether (sulfide) groups is 1. The lowest BCUT2D eigenvalue weighted by Crippen LogP contribution is -2.37. The van der Waals surface area contributed by atoms with Crippen molar-refractivity contribution in [2.45, 2.75) is 43.4 Å². The van der Waals surface area contributed by atoms with Crippen LogP contribution in [0.25, 0.3) is 0 Å². The normalized spacial score (nSPS) is 19.6. The van der Waals surface area contributed by atoms with E-state index in [1.165, 1.54) is 16.7 Å². The first-order valence-electron chi connectivity index (χ1n) is 6.29. The maximum Gasteiger partial charge on any atom is 0.243 e. The first-order valence-corrected chi connectivity index (χ1v) is 7.17. The zero-order chi connectivity index (χ0) is 14.2. The number of carbonyl (C=O) groups is 2. The third-order valence-electron chi connectivity index (χ3n) is 3.18. The number of likely N-dealkylation sites (tertiary alicyclic amines) is 1. The minimum Gasteiger partial charge on any atom is -0.399 e. The van der Waals surface area contributed by atoms with Crippen LogP contribution in [0.4, 0.5) is 5.69 Å². The molecule has 0 radical (unpaired) electrons. The molecule has 1 aliphatic rings. The monoisotopic (exact) mass is 278 g/mol. The van der Waals surface area contributed by atoms with Gasteiger partial charge in [0.2, 0.25) is 11.8 Å². The van der Waals surface area contributed by atoms with Crippen molar-refractivity contribution in [2.24, 2.45) is 0 Å². The topological polar surface area (TPSA) is 63.4 Å². The molecule has 2 N–H and O–H groups in total. The van der Waals surface area contributed by atoms with Crippen LogP contribution in [-0.2, 0) is 9.59 Å². The Morgan fingerprint density at radius 1 is 1.37 bits per heavy atom. The molecule has 19 heavy (non-hydrogen) atoms. The van der Waals surface area contributed by atoms with E-state index >= 15 is 0 Å². The molecule has 1 heterocycles. The van der Waals surface area contributed by atoms with Gasteiger partial charge in [-0.3, -0.25) is 14.5 Å². The van der Waals surface area contributed by atoms with Crippen LogP contribution in [0.1, 0.15) is 25.8 Å². The smallest absolute Gasteiger partial charge is 0.243 e. The molecule has 0 aliphatic carbocycles. The quantitative estimate of drug-likeness (QED) is 0.680. The average molecular weight is 278 g/mol. The lowest BCUT2D eigenvalue weighted by atomic mass is 10.2. The van der Waals surface area contributed by atoms with E-state index in [2.05, 4.69) is 0 Å². The Hall–Kier alpha value is -1.49. The van der Waals surface area contributed by atoms with Crippen molar-refractivity contribution in [1.29, 1.82) is 0 Å². The van der Waals surface area contributed by atoms with Crippen LogP contribution < -0.4 is 5.73 Å². The Balaban J connectivity index is 2.14. The fourth-order valence-corrected chi connectivity index (χ4v) is 3.30. The van der Waals surface area contributed by atoms with Crippen LogP contribution in [0.15, 0.2) is 23.1 Å². The molecule has 4 nitrogen and oxygen atoms in total. The van der Waals surface area contributed by atoms with E-state index in [0.717, 1.165) is 16.1 Å². The van der Waals surface area contributed by atoms with E-state index < -0.39 is 0 Å². The molecule has 5 heteroatoms. The van der Waals surface area contributed by atoms with Gasteiger partial charge < -0.3 is 5.73 Å². The van der Waals surface area contributed by atoms with Crippen molar-refractivity contribution < 1.29 is 9.59 Å². The highest BCUT2D eigenvalue weighted by Crippen LogP contribution is 2.33. The third kappa shape index (κ3) is 2.76. The summed E-state index contributed by atoms with van der Waals surface area (Å²) in [6.45, 7) is 5.65. The largest absolute Gasteiger partial charge is 0.399 e. The maximum atomic E-state index is 12.2. The second kappa shape index (κ2) is 5.25. The van der Waals surface area contributed by atoms with Crippen LogP contribution >= 0.6 is 11.8 Å². The van der Waals surface area contributed by atoms with Gasteiger partial charge in [-0.15, -0.1) is 11.8 Å². The van der Waals surface area contributed by atoms with E-state index in [1.54, 1.807) is 0 Å². The number of amides is 2. The summed E-state index contributed by atoms with van der Waals surface area (Å²) in [7, 11) is 0. The second-order valence-corrected chi connectivity index (χ2v) is 6.30. The van der Waals surface area contributed by atoms with E-state index in [9.17, 15) is 9.59 Å². The second-order valence-electron chi connectivity index (χ2n) is 5.02. The molecule has 1 fully saturated rings. The number of anilines is 1. The highest BCUT2D eigenvalue weighted by Gasteiger charge is 2.40. The van der Waals surface area contributed by atoms with E-state index in [1.807, 2.05) is 39.0 Å². The van der Waals surface area contributed by atoms with E-state index in [0.29, 0.717) is 0 Å². The van der Waals surface area contributed by atoms with Crippen LogP contribution in [0.3, 0.4) is 0 Å². The molecular formula is C14H18N2O2S. The van der Waals surface area contributed by atoms with Gasteiger partial charge in [-0.25, -0.2) is 0 Å². The van der Waals surface area contributed by atoms with Gasteiger partial charge >= 0.3 is 0 Å². The van der Waals surface area contributed by atoms with Gasteiger partial charge in [-0.1, -0.05) is 0 Å². The first-order chi connectivity index (χ1) is 8.90. The van der Waals surface area contributed by atoms with Gasteiger partial charge in [-0.2, -0.15) is 0 Å². The summed E-state index contributed by atoms with van der Waals surface area (Å²) in [5.41, 5.74) is 7.50. The molecule has 1 aromatic rings. The fourth-order valence-electron chi connectivity index (χ4n) is 2.14. The number of hydrogen-bond acceptors (Lipinski definition) is 4. The van der Waals surface area contributed by atoms with Crippen molar-refractivity contribution in [3.63, 3.8) is 0 Å². The van der Waals surface area contributed by atoms with Gasteiger partial charge in [-0.05, 0) is 44.5 Å². The molecule has 0 saturated carbocycles. The molecule has 2 rings (SSSR count). The summed E-state index contributed by atoms with van der Waals surface area (Å²) < 4.78 is 0. The number of benzene rings is 1. The highest BCUT2D eigenvalue weighted by atomic mass is 32.2. The molecule has 0 bridgehead atoms. The number of nitrogen functional groups attached to an aromatic ring is 1. The molecule has 0 aromatic heterocycles. The molecule has 1 unspecified atom stereocenters. The lowest BCUT2D eigenvalue weighted by molar-refractivity contribution is -0.140. The van der Waals surface area contributed by atoms with Crippen molar-refractivity contribution in [3.05, 3.63) is 23.8 Å². The predicted molar refractivity (Wildman–Crippen MR) is 76.8 cm³/mol. The van der Waals surface area contributed by atoms with Crippen LogP contribution in [0.5, 0.6) is 0 Å². The van der Waals surface area contributed by atoms with Crippen molar-refractivity contribution in [2.75, 3.05) is 5.73 Å². The number of nitrogens with two attached hydrogens (primary N) is 1. The zero-order valence-corrected chi connectivity index (χ0v) is 12.2. The molecule has 1 saturated heterocycles. The third-order valence-corrected chi connectivity index (χ3v) is 4.36. The van der Waals surface area contributed by atoms with Crippen LogP contribution in [0, 0.1) is 6.92 Å². The summed E-state index contributed by atoms with van der Waals surface area (Å²) in [5.74, 6) is -0.163. The average Bonchev–Trinajstić information content (AvgIpc) is 2.59. The molecular weight excluding hydrogens is 260 g/mol. The minimum absolute atomic E-state index is 0.0706. The Kier molecular flexibility index (Phi) is 3.85. The summed E-state index contributed by atoms with van der Waals surface area (Å²) in [5, 5.41) is -0.307. The number of hydrogen-bond donors (Lipinski definition) is 1. The number of imide groups is 1. The van der Waals surface area contributed by atoms with Gasteiger partial charge in [0, 0.05) is 23.0 Å². The standard InChI is InChI=1S/C14H18N2O2S/c1-8(2)16-13(17)7-12(14(16)18)19-10-4-5-11(15)9(3)6-10/h4-6,8,12H,7,15H2,1-3H3. The van der Waals surface area contributed by atoms with Crippen LogP contribution in [0.2, 0.25) is 0 Å². The highest BCUT2D eigenvalue weighted by molar-refractivity contribution is 8.00. The molecule has 2 amide bonds. The Morgan fingerprint density at radius 3 is 2.58 bits per heavy atom. The number of aryl methyl sites for hydroxylation is 1. The molecule has 1 atom stereocenters. The molecule has 0 spiro atoms. The van der Waals surface area contributed by atoms with Gasteiger partial charge in [0.05, 0.1) is 5.25 Å². The lowest BCUT2D eigenvalue weighted by Gasteiger charge is -2.18. The molecule has 102 valence electrons. The van der Waals surface area contributed by atoms with E-state index in [-0.39, 0.29) is 29.5 Å². The van der Waals surface area contributed by atoms with Gasteiger partial charge in [0.15, 0.2) is 0 Å². The summed E-state index contributed by atoms with van der Waals surface area (Å²) in [6.07, 6.45) is 0.283. The minimum atomic E-state index is -0.307.